The van der Waals surface area contributed by atoms with E-state index >= 15 is 0 Å². The molecule has 0 aliphatic heterocycles. The van der Waals surface area contributed by atoms with Crippen LogP contribution in [0, 0.1) is 6.92 Å². The molecule has 0 bridgehead atoms. The molecule has 0 radical (unpaired) electrons. The van der Waals surface area contributed by atoms with Crippen LogP contribution in [-0.4, -0.2) is 68.8 Å². The molecule has 6 N–H and O–H groups in total. The van der Waals surface area contributed by atoms with E-state index < -0.39 is 5.91 Å². The molecule has 0 spiro atoms. The summed E-state index contributed by atoms with van der Waals surface area (Å²) in [5, 5.41) is 12.5. The Morgan fingerprint density at radius 2 is 1.45 bits per heavy atom. The number of carbonyl (C=O) groups excluding carboxylic acids is 1. The lowest BCUT2D eigenvalue weighted by Crippen LogP contribution is -2.32. The lowest BCUT2D eigenvalue weighted by atomic mass is 10.2. The van der Waals surface area contributed by atoms with Gasteiger partial charge in [-0.3, -0.25) is 4.79 Å². The van der Waals surface area contributed by atoms with Gasteiger partial charge in [0, 0.05) is 11.9 Å². The average molecular weight is 443 g/mol. The van der Waals surface area contributed by atoms with Crippen molar-refractivity contribution in [1.29, 1.82) is 0 Å². The summed E-state index contributed by atoms with van der Waals surface area (Å²) < 4.78 is 15.7. The number of amides is 1. The number of rotatable bonds is 14. The Labute approximate surface area is 187 Å². The Morgan fingerprint density at radius 3 is 1.97 bits per heavy atom. The van der Waals surface area contributed by atoms with Gasteiger partial charge in [0.1, 0.15) is 5.70 Å². The Morgan fingerprint density at radius 1 is 0.968 bits per heavy atom. The molecule has 0 aliphatic rings. The van der Waals surface area contributed by atoms with Gasteiger partial charge in [0.2, 0.25) is 0 Å². The zero-order valence-electron chi connectivity index (χ0n) is 19.7. The van der Waals surface area contributed by atoms with Gasteiger partial charge in [0.05, 0.1) is 52.8 Å². The van der Waals surface area contributed by atoms with E-state index in [9.17, 15) is 4.79 Å². The van der Waals surface area contributed by atoms with E-state index in [4.69, 9.17) is 30.9 Å². The minimum absolute atomic E-state index is 0.00397. The molecule has 0 aliphatic carbocycles. The zero-order chi connectivity index (χ0) is 23.9. The van der Waals surface area contributed by atoms with E-state index in [2.05, 4.69) is 5.32 Å². The second-order valence-electron chi connectivity index (χ2n) is 5.70. The quantitative estimate of drug-likeness (QED) is 0.149. The highest BCUT2D eigenvalue weighted by Gasteiger charge is 2.07. The molecule has 0 unspecified atom stereocenters. The summed E-state index contributed by atoms with van der Waals surface area (Å²) in [6, 6.07) is 7.40. The molecule has 180 valence electrons. The van der Waals surface area contributed by atoms with Crippen molar-refractivity contribution in [2.75, 3.05) is 58.1 Å². The van der Waals surface area contributed by atoms with E-state index in [0.29, 0.717) is 51.9 Å². The second kappa shape index (κ2) is 22.5. The molecule has 1 rings (SSSR count). The number of anilines is 1. The largest absolute Gasteiger partial charge is 0.394 e. The molecule has 0 fully saturated rings. The number of aryl methyl sites for hydroxylation is 1. The average Bonchev–Trinajstić information content (AvgIpc) is 2.79. The third-order valence-corrected chi connectivity index (χ3v) is 3.35. The third kappa shape index (κ3) is 18.3. The Hall–Kier alpha value is -2.17. The van der Waals surface area contributed by atoms with E-state index in [1.807, 2.05) is 46.8 Å². The van der Waals surface area contributed by atoms with Gasteiger partial charge < -0.3 is 35.4 Å². The third-order valence-electron chi connectivity index (χ3n) is 3.35. The van der Waals surface area contributed by atoms with Crippen LogP contribution in [0.4, 0.5) is 5.69 Å². The fourth-order valence-corrected chi connectivity index (χ4v) is 1.92. The summed E-state index contributed by atoms with van der Waals surface area (Å²) in [6.07, 6.45) is 1.36. The number of nitrogens with one attached hydrogen (secondary N) is 1. The lowest BCUT2D eigenvalue weighted by Gasteiger charge is -2.15. The van der Waals surface area contributed by atoms with Crippen molar-refractivity contribution in [3.63, 3.8) is 0 Å². The lowest BCUT2D eigenvalue weighted by molar-refractivity contribution is -0.113. The summed E-state index contributed by atoms with van der Waals surface area (Å²) in [7, 11) is 0. The first kappa shape index (κ1) is 31.0. The molecule has 31 heavy (non-hydrogen) atoms. The molecular formula is C22H42N4O5. The van der Waals surface area contributed by atoms with Crippen molar-refractivity contribution in [2.24, 2.45) is 11.6 Å². The van der Waals surface area contributed by atoms with Crippen LogP contribution in [0.2, 0.25) is 0 Å². The Bertz CT molecular complexity index is 568. The minimum Gasteiger partial charge on any atom is -0.394 e. The first-order chi connectivity index (χ1) is 15.0. The summed E-state index contributed by atoms with van der Waals surface area (Å²) in [6.45, 7) is 12.8. The SMILES string of the molecule is CC.CC.Cc1ccc(NC(=O)/C(N)=C/N(N)CCOCCOCCOCCO)cc1. The van der Waals surface area contributed by atoms with E-state index in [-0.39, 0.29) is 12.3 Å². The predicted molar refractivity (Wildman–Crippen MR) is 125 cm³/mol. The highest BCUT2D eigenvalue weighted by Crippen LogP contribution is 2.09. The molecule has 0 aromatic heterocycles. The fraction of sp³-hybridized carbons (Fsp3) is 0.591. The second-order valence-corrected chi connectivity index (χ2v) is 5.70. The van der Waals surface area contributed by atoms with Crippen molar-refractivity contribution < 1.29 is 24.1 Å². The molecule has 9 heteroatoms. The van der Waals surface area contributed by atoms with Crippen LogP contribution < -0.4 is 16.9 Å². The topological polar surface area (TPSA) is 132 Å². The maximum Gasteiger partial charge on any atom is 0.273 e. The summed E-state index contributed by atoms with van der Waals surface area (Å²) in [5.41, 5.74) is 7.52. The first-order valence-corrected chi connectivity index (χ1v) is 10.7. The summed E-state index contributed by atoms with van der Waals surface area (Å²) in [4.78, 5) is 12.0. The van der Waals surface area contributed by atoms with Crippen molar-refractivity contribution in [1.82, 2.24) is 5.01 Å². The van der Waals surface area contributed by atoms with Crippen molar-refractivity contribution >= 4 is 11.6 Å². The van der Waals surface area contributed by atoms with Crippen molar-refractivity contribution in [3.05, 3.63) is 41.7 Å². The number of carbonyl (C=O) groups is 1. The zero-order valence-corrected chi connectivity index (χ0v) is 19.7. The number of ether oxygens (including phenoxy) is 3. The normalized spacial score (nSPS) is 10.4. The van der Waals surface area contributed by atoms with Crippen molar-refractivity contribution in [2.45, 2.75) is 34.6 Å². The smallest absolute Gasteiger partial charge is 0.273 e. The highest BCUT2D eigenvalue weighted by atomic mass is 16.5. The number of hydrogen-bond acceptors (Lipinski definition) is 8. The fourth-order valence-electron chi connectivity index (χ4n) is 1.92. The van der Waals surface area contributed by atoms with Gasteiger partial charge in [-0.1, -0.05) is 45.4 Å². The Kier molecular flexibility index (Phi) is 22.5. The van der Waals surface area contributed by atoms with Crippen LogP contribution in [0.3, 0.4) is 0 Å². The van der Waals surface area contributed by atoms with Gasteiger partial charge >= 0.3 is 0 Å². The van der Waals surface area contributed by atoms with E-state index in [0.717, 1.165) is 5.56 Å². The van der Waals surface area contributed by atoms with Crippen molar-refractivity contribution in [3.8, 4) is 0 Å². The first-order valence-electron chi connectivity index (χ1n) is 10.7. The van der Waals surface area contributed by atoms with Gasteiger partial charge in [0.15, 0.2) is 0 Å². The minimum atomic E-state index is -0.424. The molecular weight excluding hydrogens is 400 g/mol. The maximum absolute atomic E-state index is 12.0. The summed E-state index contributed by atoms with van der Waals surface area (Å²) in [5.74, 6) is 5.36. The van der Waals surface area contributed by atoms with Crippen LogP contribution in [0.5, 0.6) is 0 Å². The molecule has 0 atom stereocenters. The number of nitrogens with two attached hydrogens (primary N) is 2. The van der Waals surface area contributed by atoms with Gasteiger partial charge in [-0.05, 0) is 19.1 Å². The van der Waals surface area contributed by atoms with Gasteiger partial charge in [-0.15, -0.1) is 0 Å². The number of aliphatic hydroxyl groups is 1. The Balaban J connectivity index is 0. The van der Waals surface area contributed by atoms with Gasteiger partial charge in [-0.2, -0.15) is 0 Å². The monoisotopic (exact) mass is 442 g/mol. The molecule has 0 heterocycles. The van der Waals surface area contributed by atoms with Crippen LogP contribution in [-0.2, 0) is 19.0 Å². The summed E-state index contributed by atoms with van der Waals surface area (Å²) >= 11 is 0. The number of hydrazine groups is 1. The molecule has 1 aromatic carbocycles. The highest BCUT2D eigenvalue weighted by molar-refractivity contribution is 6.02. The molecule has 9 nitrogen and oxygen atoms in total. The van der Waals surface area contributed by atoms with E-state index in [1.165, 1.54) is 11.2 Å². The predicted octanol–water partition coefficient (Wildman–Crippen LogP) is 2.00. The number of hydrogen-bond donors (Lipinski definition) is 4. The maximum atomic E-state index is 12.0. The number of aliphatic hydroxyl groups excluding tert-OH is 1. The molecule has 0 saturated heterocycles. The van der Waals surface area contributed by atoms with Crippen LogP contribution >= 0.6 is 0 Å². The number of benzene rings is 1. The molecule has 1 aromatic rings. The van der Waals surface area contributed by atoms with Crippen LogP contribution in [0.1, 0.15) is 33.3 Å². The van der Waals surface area contributed by atoms with Gasteiger partial charge in [0.25, 0.3) is 5.91 Å². The molecule has 0 saturated carbocycles. The number of nitrogens with zero attached hydrogens (tertiary/aromatic N) is 1. The van der Waals surface area contributed by atoms with Gasteiger partial charge in [-0.25, -0.2) is 5.84 Å². The molecule has 1 amide bonds. The standard InChI is InChI=1S/C18H30N4O5.2C2H6/c1-15-2-4-16(5-3-15)21-18(24)17(19)14-22(20)6-8-25-10-12-27-13-11-26-9-7-23;2*1-2/h2-5,14,23H,6-13,19-20H2,1H3,(H,21,24);2*1-2H3/b17-14-;;. The van der Waals surface area contributed by atoms with E-state index in [1.54, 1.807) is 12.1 Å². The van der Waals surface area contributed by atoms with Crippen LogP contribution in [0.25, 0.3) is 0 Å². The van der Waals surface area contributed by atoms with Crippen LogP contribution in [0.15, 0.2) is 36.2 Å².